The molecule has 166 valence electrons. The zero-order valence-electron chi connectivity index (χ0n) is 17.9. The van der Waals surface area contributed by atoms with E-state index < -0.39 is 0 Å². The SMILES string of the molecule is CCNC(=NCc1ccco1)NCCCOC1CCN(Cc2ccccc2)CC1.I. The Kier molecular flexibility index (Phi) is 11.9. The van der Waals surface area contributed by atoms with E-state index in [-0.39, 0.29) is 24.0 Å². The Morgan fingerprint density at radius 3 is 2.63 bits per heavy atom. The van der Waals surface area contributed by atoms with Gasteiger partial charge in [-0.2, -0.15) is 0 Å². The van der Waals surface area contributed by atoms with Gasteiger partial charge in [0.2, 0.25) is 0 Å². The first-order chi connectivity index (χ1) is 14.3. The Hall–Kier alpha value is -1.58. The van der Waals surface area contributed by atoms with E-state index in [2.05, 4.69) is 57.8 Å². The Morgan fingerprint density at radius 2 is 1.93 bits per heavy atom. The highest BCUT2D eigenvalue weighted by molar-refractivity contribution is 14.0. The number of piperidine rings is 1. The number of likely N-dealkylation sites (tertiary alicyclic amines) is 1. The van der Waals surface area contributed by atoms with E-state index in [1.165, 1.54) is 5.56 Å². The maximum atomic E-state index is 6.10. The number of nitrogens with one attached hydrogen (secondary N) is 2. The second kappa shape index (κ2) is 14.4. The second-order valence-electron chi connectivity index (χ2n) is 7.39. The van der Waals surface area contributed by atoms with Crippen molar-refractivity contribution in [3.63, 3.8) is 0 Å². The van der Waals surface area contributed by atoms with Crippen LogP contribution in [0, 0.1) is 0 Å². The molecular formula is C23H35IN4O2. The van der Waals surface area contributed by atoms with Gasteiger partial charge in [0.25, 0.3) is 0 Å². The van der Waals surface area contributed by atoms with Crippen molar-refractivity contribution in [3.05, 3.63) is 60.1 Å². The average molecular weight is 526 g/mol. The Labute approximate surface area is 197 Å². The molecule has 0 spiro atoms. The van der Waals surface area contributed by atoms with Gasteiger partial charge in [-0.15, -0.1) is 24.0 Å². The Morgan fingerprint density at radius 1 is 1.13 bits per heavy atom. The lowest BCUT2D eigenvalue weighted by Crippen LogP contribution is -2.38. The summed E-state index contributed by atoms with van der Waals surface area (Å²) in [7, 11) is 0. The Bertz CT molecular complexity index is 701. The fraction of sp³-hybridized carbons (Fsp3) is 0.522. The fourth-order valence-corrected chi connectivity index (χ4v) is 3.51. The first-order valence-corrected chi connectivity index (χ1v) is 10.8. The third kappa shape index (κ3) is 9.06. The largest absolute Gasteiger partial charge is 0.467 e. The van der Waals surface area contributed by atoms with Crippen molar-refractivity contribution in [3.8, 4) is 0 Å². The number of nitrogens with zero attached hydrogens (tertiary/aromatic N) is 2. The van der Waals surface area contributed by atoms with E-state index >= 15 is 0 Å². The van der Waals surface area contributed by atoms with Crippen LogP contribution in [0.4, 0.5) is 0 Å². The molecule has 0 atom stereocenters. The van der Waals surface area contributed by atoms with Crippen molar-refractivity contribution in [2.75, 3.05) is 32.8 Å². The van der Waals surface area contributed by atoms with Gasteiger partial charge in [0.15, 0.2) is 5.96 Å². The predicted molar refractivity (Wildman–Crippen MR) is 132 cm³/mol. The zero-order chi connectivity index (χ0) is 20.2. The molecule has 1 aromatic heterocycles. The van der Waals surface area contributed by atoms with Crippen LogP contribution < -0.4 is 10.6 Å². The third-order valence-electron chi connectivity index (χ3n) is 5.07. The van der Waals surface area contributed by atoms with E-state index in [4.69, 9.17) is 9.15 Å². The number of halogens is 1. The number of furan rings is 1. The highest BCUT2D eigenvalue weighted by Crippen LogP contribution is 2.16. The van der Waals surface area contributed by atoms with E-state index in [1.54, 1.807) is 6.26 Å². The summed E-state index contributed by atoms with van der Waals surface area (Å²) < 4.78 is 11.4. The molecule has 1 aliphatic rings. The summed E-state index contributed by atoms with van der Waals surface area (Å²) in [6.45, 7) is 8.34. The van der Waals surface area contributed by atoms with E-state index in [0.717, 1.165) is 70.3 Å². The molecule has 0 radical (unpaired) electrons. The van der Waals surface area contributed by atoms with Crippen molar-refractivity contribution in [2.24, 2.45) is 4.99 Å². The number of rotatable bonds is 10. The predicted octanol–water partition coefficient (Wildman–Crippen LogP) is 4.02. The molecule has 0 aliphatic carbocycles. The standard InChI is InChI=1S/C23H34N4O2.HI/c1-2-24-23(26-18-22-10-6-16-29-22)25-13-7-17-28-21-11-14-27(15-12-21)19-20-8-4-3-5-9-20;/h3-6,8-10,16,21H,2,7,11-15,17-19H2,1H3,(H2,24,25,26);1H. The molecule has 3 rings (SSSR count). The molecule has 7 heteroatoms. The lowest BCUT2D eigenvalue weighted by Gasteiger charge is -2.32. The van der Waals surface area contributed by atoms with E-state index in [9.17, 15) is 0 Å². The molecule has 0 bridgehead atoms. The quantitative estimate of drug-likeness (QED) is 0.212. The van der Waals surface area contributed by atoms with Crippen molar-refractivity contribution < 1.29 is 9.15 Å². The molecule has 2 heterocycles. The van der Waals surface area contributed by atoms with Gasteiger partial charge < -0.3 is 19.8 Å². The second-order valence-corrected chi connectivity index (χ2v) is 7.39. The lowest BCUT2D eigenvalue weighted by atomic mass is 10.1. The van der Waals surface area contributed by atoms with Crippen molar-refractivity contribution in [1.82, 2.24) is 15.5 Å². The summed E-state index contributed by atoms with van der Waals surface area (Å²) in [5, 5.41) is 6.63. The smallest absolute Gasteiger partial charge is 0.191 e. The van der Waals surface area contributed by atoms with Crippen LogP contribution in [-0.2, 0) is 17.8 Å². The van der Waals surface area contributed by atoms with Crippen LogP contribution in [0.5, 0.6) is 0 Å². The molecule has 2 aromatic rings. The molecule has 6 nitrogen and oxygen atoms in total. The first kappa shape index (κ1) is 24.7. The molecule has 1 aromatic carbocycles. The van der Waals surface area contributed by atoms with Crippen LogP contribution in [0.25, 0.3) is 0 Å². The summed E-state index contributed by atoms with van der Waals surface area (Å²) in [6, 6.07) is 14.5. The lowest BCUT2D eigenvalue weighted by molar-refractivity contribution is 0.00534. The highest BCUT2D eigenvalue weighted by Gasteiger charge is 2.19. The highest BCUT2D eigenvalue weighted by atomic mass is 127. The van der Waals surface area contributed by atoms with E-state index in [1.807, 2.05) is 12.1 Å². The molecule has 1 fully saturated rings. The first-order valence-electron chi connectivity index (χ1n) is 10.8. The number of aliphatic imine (C=N–C) groups is 1. The Balaban J connectivity index is 0.00000320. The number of ether oxygens (including phenoxy) is 1. The molecule has 2 N–H and O–H groups in total. The van der Waals surface area contributed by atoms with E-state index in [0.29, 0.717) is 12.6 Å². The number of guanidine groups is 1. The number of hydrogen-bond donors (Lipinski definition) is 2. The van der Waals surface area contributed by atoms with Gasteiger partial charge >= 0.3 is 0 Å². The average Bonchev–Trinajstić information content (AvgIpc) is 3.27. The van der Waals surface area contributed by atoms with Gasteiger partial charge in [0, 0.05) is 39.3 Å². The van der Waals surface area contributed by atoms with Gasteiger partial charge in [0.05, 0.1) is 12.4 Å². The topological polar surface area (TPSA) is 62.0 Å². The van der Waals surface area contributed by atoms with Crippen LogP contribution in [-0.4, -0.2) is 49.7 Å². The fourth-order valence-electron chi connectivity index (χ4n) is 3.51. The molecule has 1 saturated heterocycles. The molecule has 1 aliphatic heterocycles. The molecule has 0 amide bonds. The van der Waals surface area contributed by atoms with Gasteiger partial charge in [-0.1, -0.05) is 30.3 Å². The maximum Gasteiger partial charge on any atom is 0.191 e. The minimum absolute atomic E-state index is 0. The number of benzene rings is 1. The number of hydrogen-bond acceptors (Lipinski definition) is 4. The van der Waals surface area contributed by atoms with Gasteiger partial charge in [0.1, 0.15) is 12.3 Å². The van der Waals surface area contributed by atoms with Gasteiger partial charge in [-0.25, -0.2) is 4.99 Å². The van der Waals surface area contributed by atoms with Crippen LogP contribution in [0.1, 0.15) is 37.5 Å². The maximum absolute atomic E-state index is 6.10. The van der Waals surface area contributed by atoms with Crippen molar-refractivity contribution in [2.45, 2.75) is 45.4 Å². The van der Waals surface area contributed by atoms with Crippen molar-refractivity contribution in [1.29, 1.82) is 0 Å². The van der Waals surface area contributed by atoms with Gasteiger partial charge in [-0.05, 0) is 43.9 Å². The van der Waals surface area contributed by atoms with Gasteiger partial charge in [-0.3, -0.25) is 4.90 Å². The minimum atomic E-state index is 0. The summed E-state index contributed by atoms with van der Waals surface area (Å²) >= 11 is 0. The summed E-state index contributed by atoms with van der Waals surface area (Å²) in [4.78, 5) is 7.06. The summed E-state index contributed by atoms with van der Waals surface area (Å²) in [6.07, 6.45) is 5.27. The monoisotopic (exact) mass is 526 g/mol. The molecule has 30 heavy (non-hydrogen) atoms. The van der Waals surface area contributed by atoms with Crippen LogP contribution in [0.2, 0.25) is 0 Å². The summed E-state index contributed by atoms with van der Waals surface area (Å²) in [5.41, 5.74) is 1.39. The minimum Gasteiger partial charge on any atom is -0.467 e. The third-order valence-corrected chi connectivity index (χ3v) is 5.07. The summed E-state index contributed by atoms with van der Waals surface area (Å²) in [5.74, 6) is 1.68. The van der Waals surface area contributed by atoms with Crippen LogP contribution >= 0.6 is 24.0 Å². The molecular weight excluding hydrogens is 491 g/mol. The molecule has 0 unspecified atom stereocenters. The zero-order valence-corrected chi connectivity index (χ0v) is 20.2. The van der Waals surface area contributed by atoms with Crippen LogP contribution in [0.3, 0.4) is 0 Å². The molecule has 0 saturated carbocycles. The van der Waals surface area contributed by atoms with Crippen molar-refractivity contribution >= 4 is 29.9 Å². The van der Waals surface area contributed by atoms with Crippen LogP contribution in [0.15, 0.2) is 58.1 Å². The normalized spacial score (nSPS) is 15.6.